The molecule has 0 N–H and O–H groups in total. The van der Waals surface area contributed by atoms with Gasteiger partial charge in [-0.3, -0.25) is 4.79 Å². The fraction of sp³-hybridized carbons (Fsp3) is 0.500. The van der Waals surface area contributed by atoms with Crippen LogP contribution >= 0.6 is 0 Å². The molecule has 9 heteroatoms. The zero-order valence-electron chi connectivity index (χ0n) is 18.0. The molecule has 1 aromatic carbocycles. The number of hydrogen-bond donors (Lipinski definition) is 0. The molecule has 0 spiro atoms. The van der Waals surface area contributed by atoms with E-state index >= 15 is 0 Å². The van der Waals surface area contributed by atoms with Gasteiger partial charge < -0.3 is 13.9 Å². The highest BCUT2D eigenvalue weighted by Gasteiger charge is 2.29. The molecule has 1 amide bonds. The summed E-state index contributed by atoms with van der Waals surface area (Å²) < 4.78 is 24.2. The molecule has 4 rings (SSSR count). The Kier molecular flexibility index (Phi) is 5.84. The summed E-state index contributed by atoms with van der Waals surface area (Å²) in [6.45, 7) is 7.24. The molecule has 1 fully saturated rings. The van der Waals surface area contributed by atoms with Crippen molar-refractivity contribution in [1.82, 2.24) is 25.2 Å². The Labute approximate surface area is 179 Å². The van der Waals surface area contributed by atoms with Gasteiger partial charge in [-0.05, 0) is 25.0 Å². The van der Waals surface area contributed by atoms with Crippen LogP contribution in [0.15, 0.2) is 33.3 Å². The Morgan fingerprint density at radius 3 is 2.81 bits per heavy atom. The summed E-state index contributed by atoms with van der Waals surface area (Å²) in [6.07, 6.45) is 2.42. The Morgan fingerprint density at radius 1 is 1.23 bits per heavy atom. The second-order valence-electron chi connectivity index (χ2n) is 8.91. The molecule has 31 heavy (non-hydrogen) atoms. The molecule has 3 heterocycles. The first kappa shape index (κ1) is 21.1. The molecule has 0 saturated carbocycles. The molecular weight excluding hydrogens is 401 g/mol. The number of hydrogen-bond acceptors (Lipinski definition) is 7. The minimum absolute atomic E-state index is 0.0325. The van der Waals surface area contributed by atoms with Gasteiger partial charge in [0.2, 0.25) is 23.5 Å². The van der Waals surface area contributed by atoms with E-state index in [0.717, 1.165) is 12.8 Å². The van der Waals surface area contributed by atoms with Gasteiger partial charge in [-0.25, -0.2) is 4.39 Å². The summed E-state index contributed by atoms with van der Waals surface area (Å²) in [5.74, 6) is 1.58. The van der Waals surface area contributed by atoms with Crippen molar-refractivity contribution >= 4 is 5.91 Å². The average Bonchev–Trinajstić information content (AvgIpc) is 3.42. The number of aromatic nitrogens is 4. The van der Waals surface area contributed by atoms with Crippen LogP contribution in [-0.2, 0) is 16.6 Å². The van der Waals surface area contributed by atoms with Gasteiger partial charge in [-0.15, -0.1) is 0 Å². The summed E-state index contributed by atoms with van der Waals surface area (Å²) in [5, 5.41) is 7.99. The fourth-order valence-corrected chi connectivity index (χ4v) is 3.58. The molecule has 1 saturated heterocycles. The zero-order chi connectivity index (χ0) is 22.0. The number of benzene rings is 1. The standard InChI is InChI=1S/C22H26FN5O3/c1-22(2,3)21-24-17(30-27-21)9-10-18(29)28-11-5-7-15(13-28)20-25-19(26-31-20)14-6-4-8-16(23)12-14/h4,6,8,12,15H,5,7,9-11,13H2,1-3H3. The molecule has 1 atom stereocenters. The van der Waals surface area contributed by atoms with Crippen LogP contribution in [0.25, 0.3) is 11.4 Å². The van der Waals surface area contributed by atoms with E-state index in [0.29, 0.717) is 54.9 Å². The molecule has 0 aliphatic carbocycles. The van der Waals surface area contributed by atoms with Crippen molar-refractivity contribution in [3.63, 3.8) is 0 Å². The number of halogens is 1. The molecule has 0 radical (unpaired) electrons. The molecule has 2 aromatic heterocycles. The third-order valence-electron chi connectivity index (χ3n) is 5.34. The first-order valence-electron chi connectivity index (χ1n) is 10.5. The summed E-state index contributed by atoms with van der Waals surface area (Å²) in [6, 6.07) is 6.08. The largest absolute Gasteiger partial charge is 0.342 e. The van der Waals surface area contributed by atoms with Crippen LogP contribution in [-0.4, -0.2) is 44.2 Å². The van der Waals surface area contributed by atoms with Crippen molar-refractivity contribution in [1.29, 1.82) is 0 Å². The highest BCUT2D eigenvalue weighted by atomic mass is 19.1. The smallest absolute Gasteiger partial charge is 0.231 e. The van der Waals surface area contributed by atoms with E-state index < -0.39 is 0 Å². The van der Waals surface area contributed by atoms with Crippen LogP contribution in [0.1, 0.15) is 63.6 Å². The average molecular weight is 427 g/mol. The van der Waals surface area contributed by atoms with E-state index in [1.54, 1.807) is 12.1 Å². The third-order valence-corrected chi connectivity index (χ3v) is 5.34. The zero-order valence-corrected chi connectivity index (χ0v) is 18.0. The van der Waals surface area contributed by atoms with Crippen molar-refractivity contribution in [2.45, 2.75) is 57.8 Å². The third kappa shape index (κ3) is 4.98. The van der Waals surface area contributed by atoms with Crippen LogP contribution in [0.5, 0.6) is 0 Å². The minimum Gasteiger partial charge on any atom is -0.342 e. The number of aryl methyl sites for hydroxylation is 1. The number of carbonyl (C=O) groups is 1. The number of amides is 1. The minimum atomic E-state index is -0.353. The fourth-order valence-electron chi connectivity index (χ4n) is 3.58. The van der Waals surface area contributed by atoms with Gasteiger partial charge in [-0.1, -0.05) is 43.2 Å². The lowest BCUT2D eigenvalue weighted by atomic mass is 9.96. The Bertz CT molecular complexity index is 1060. The maximum absolute atomic E-state index is 13.5. The van der Waals surface area contributed by atoms with Crippen LogP contribution in [0, 0.1) is 5.82 Å². The molecule has 1 aliphatic rings. The summed E-state index contributed by atoms with van der Waals surface area (Å²) in [7, 11) is 0. The van der Waals surface area contributed by atoms with Gasteiger partial charge in [0.05, 0.1) is 5.92 Å². The van der Waals surface area contributed by atoms with Crippen molar-refractivity contribution < 1.29 is 18.2 Å². The number of piperidine rings is 1. The van der Waals surface area contributed by atoms with E-state index in [1.807, 2.05) is 25.7 Å². The maximum atomic E-state index is 13.5. The van der Waals surface area contributed by atoms with Crippen molar-refractivity contribution in [2.75, 3.05) is 13.1 Å². The van der Waals surface area contributed by atoms with E-state index in [2.05, 4.69) is 20.3 Å². The normalized spacial score (nSPS) is 17.2. The molecule has 0 bridgehead atoms. The Morgan fingerprint density at radius 2 is 2.06 bits per heavy atom. The predicted molar refractivity (Wildman–Crippen MR) is 110 cm³/mol. The van der Waals surface area contributed by atoms with Crippen molar-refractivity contribution in [3.8, 4) is 11.4 Å². The van der Waals surface area contributed by atoms with Crippen LogP contribution in [0.2, 0.25) is 0 Å². The molecule has 8 nitrogen and oxygen atoms in total. The van der Waals surface area contributed by atoms with Crippen LogP contribution < -0.4 is 0 Å². The highest BCUT2D eigenvalue weighted by Crippen LogP contribution is 2.28. The number of carbonyl (C=O) groups excluding carboxylic acids is 1. The maximum Gasteiger partial charge on any atom is 0.231 e. The van der Waals surface area contributed by atoms with Crippen LogP contribution in [0.4, 0.5) is 4.39 Å². The molecular formula is C22H26FN5O3. The van der Waals surface area contributed by atoms with Gasteiger partial charge in [0, 0.05) is 36.9 Å². The predicted octanol–water partition coefficient (Wildman–Crippen LogP) is 3.90. The van der Waals surface area contributed by atoms with Crippen LogP contribution in [0.3, 0.4) is 0 Å². The summed E-state index contributed by atoms with van der Waals surface area (Å²) in [5.41, 5.74) is 0.369. The lowest BCUT2D eigenvalue weighted by Crippen LogP contribution is -2.39. The first-order chi connectivity index (χ1) is 14.8. The molecule has 1 unspecified atom stereocenters. The number of rotatable bonds is 5. The lowest BCUT2D eigenvalue weighted by molar-refractivity contribution is -0.132. The topological polar surface area (TPSA) is 98.2 Å². The number of nitrogens with zero attached hydrogens (tertiary/aromatic N) is 5. The van der Waals surface area contributed by atoms with Gasteiger partial charge in [-0.2, -0.15) is 9.97 Å². The van der Waals surface area contributed by atoms with Crippen molar-refractivity contribution in [3.05, 3.63) is 47.7 Å². The van der Waals surface area contributed by atoms with Gasteiger partial charge in [0.25, 0.3) is 0 Å². The van der Waals surface area contributed by atoms with Gasteiger partial charge >= 0.3 is 0 Å². The number of likely N-dealkylation sites (tertiary alicyclic amines) is 1. The second-order valence-corrected chi connectivity index (χ2v) is 8.91. The highest BCUT2D eigenvalue weighted by molar-refractivity contribution is 5.76. The summed E-state index contributed by atoms with van der Waals surface area (Å²) >= 11 is 0. The molecule has 1 aliphatic heterocycles. The SMILES string of the molecule is CC(C)(C)c1noc(CCC(=O)N2CCCC(c3nc(-c4cccc(F)c4)no3)C2)n1. The van der Waals surface area contributed by atoms with E-state index in [1.165, 1.54) is 12.1 Å². The lowest BCUT2D eigenvalue weighted by Gasteiger charge is -2.31. The van der Waals surface area contributed by atoms with Gasteiger partial charge in [0.15, 0.2) is 5.82 Å². The van der Waals surface area contributed by atoms with E-state index in [9.17, 15) is 9.18 Å². The quantitative estimate of drug-likeness (QED) is 0.609. The first-order valence-corrected chi connectivity index (χ1v) is 10.5. The van der Waals surface area contributed by atoms with E-state index in [4.69, 9.17) is 9.05 Å². The van der Waals surface area contributed by atoms with E-state index in [-0.39, 0.29) is 23.1 Å². The summed E-state index contributed by atoms with van der Waals surface area (Å²) in [4.78, 5) is 23.4. The Hall–Kier alpha value is -3.10. The molecule has 164 valence electrons. The Balaban J connectivity index is 1.36. The second kappa shape index (κ2) is 8.56. The van der Waals surface area contributed by atoms with Gasteiger partial charge in [0.1, 0.15) is 5.82 Å². The van der Waals surface area contributed by atoms with Crippen molar-refractivity contribution in [2.24, 2.45) is 0 Å². The molecule has 3 aromatic rings. The monoisotopic (exact) mass is 427 g/mol.